The Kier molecular flexibility index (Phi) is 6.75. The third-order valence-electron chi connectivity index (χ3n) is 3.03. The van der Waals surface area contributed by atoms with E-state index in [1.807, 2.05) is 25.1 Å². The number of hydrogen-bond acceptors (Lipinski definition) is 6. The van der Waals surface area contributed by atoms with Crippen molar-refractivity contribution >= 4 is 0 Å². The summed E-state index contributed by atoms with van der Waals surface area (Å²) >= 11 is 0. The first-order valence-corrected chi connectivity index (χ1v) is 7.22. The van der Waals surface area contributed by atoms with Crippen LogP contribution in [0.2, 0.25) is 0 Å². The molecule has 0 saturated heterocycles. The molecule has 0 aromatic heterocycles. The lowest BCUT2D eigenvalue weighted by atomic mass is 10.2. The third-order valence-corrected chi connectivity index (χ3v) is 3.03. The van der Waals surface area contributed by atoms with Crippen molar-refractivity contribution < 1.29 is 24.1 Å². The zero-order valence-corrected chi connectivity index (χ0v) is 12.3. The van der Waals surface area contributed by atoms with E-state index in [1.165, 1.54) is 0 Å². The van der Waals surface area contributed by atoms with Gasteiger partial charge in [0.05, 0.1) is 25.9 Å². The molecule has 118 valence electrons. The van der Waals surface area contributed by atoms with Gasteiger partial charge in [0.15, 0.2) is 11.5 Å². The van der Waals surface area contributed by atoms with Crippen molar-refractivity contribution in [3.8, 4) is 11.5 Å². The molecular formula is C15H23NO5. The van der Waals surface area contributed by atoms with Crippen LogP contribution in [0.3, 0.4) is 0 Å². The fourth-order valence-corrected chi connectivity index (χ4v) is 1.97. The normalized spacial score (nSPS) is 14.4. The Bertz CT molecular complexity index is 427. The van der Waals surface area contributed by atoms with Crippen LogP contribution < -0.4 is 14.8 Å². The van der Waals surface area contributed by atoms with Gasteiger partial charge in [0.25, 0.3) is 0 Å². The molecule has 2 rings (SSSR count). The van der Waals surface area contributed by atoms with Gasteiger partial charge in [-0.25, -0.2) is 0 Å². The average Bonchev–Trinajstić information content (AvgIpc) is 2.94. The van der Waals surface area contributed by atoms with E-state index in [9.17, 15) is 5.11 Å². The first-order valence-electron chi connectivity index (χ1n) is 7.22. The minimum absolute atomic E-state index is 0.282. The SMILES string of the molecule is CCOCCOCC(O)CNCc1ccc2c(c1)OCO2. The monoisotopic (exact) mass is 297 g/mol. The molecule has 6 heteroatoms. The molecule has 0 fully saturated rings. The van der Waals surface area contributed by atoms with Crippen LogP contribution in [0.1, 0.15) is 12.5 Å². The van der Waals surface area contributed by atoms with Gasteiger partial charge in [-0.15, -0.1) is 0 Å². The number of nitrogens with one attached hydrogen (secondary N) is 1. The predicted octanol–water partition coefficient (Wildman–Crippen LogP) is 0.919. The summed E-state index contributed by atoms with van der Waals surface area (Å²) in [7, 11) is 0. The lowest BCUT2D eigenvalue weighted by Gasteiger charge is -2.12. The van der Waals surface area contributed by atoms with Gasteiger partial charge in [0, 0.05) is 19.7 Å². The van der Waals surface area contributed by atoms with Crippen molar-refractivity contribution in [1.82, 2.24) is 5.32 Å². The Morgan fingerprint density at radius 2 is 2.05 bits per heavy atom. The zero-order chi connectivity index (χ0) is 14.9. The van der Waals surface area contributed by atoms with E-state index in [2.05, 4.69) is 5.32 Å². The standard InChI is InChI=1S/C15H23NO5/c1-2-18-5-6-19-10-13(17)9-16-8-12-3-4-14-15(7-12)21-11-20-14/h3-4,7,13,16-17H,2,5-6,8-11H2,1H3. The highest BCUT2D eigenvalue weighted by Crippen LogP contribution is 2.32. The zero-order valence-electron chi connectivity index (χ0n) is 12.3. The van der Waals surface area contributed by atoms with E-state index < -0.39 is 6.10 Å². The van der Waals surface area contributed by atoms with Gasteiger partial charge in [0.1, 0.15) is 0 Å². The molecule has 0 amide bonds. The van der Waals surface area contributed by atoms with Crippen LogP contribution in [0.5, 0.6) is 11.5 Å². The molecule has 1 unspecified atom stereocenters. The second kappa shape index (κ2) is 8.84. The number of ether oxygens (including phenoxy) is 4. The fraction of sp³-hybridized carbons (Fsp3) is 0.600. The van der Waals surface area contributed by atoms with Crippen LogP contribution in [0.25, 0.3) is 0 Å². The maximum atomic E-state index is 9.77. The fourth-order valence-electron chi connectivity index (χ4n) is 1.97. The van der Waals surface area contributed by atoms with Gasteiger partial charge >= 0.3 is 0 Å². The highest BCUT2D eigenvalue weighted by atomic mass is 16.7. The van der Waals surface area contributed by atoms with E-state index >= 15 is 0 Å². The lowest BCUT2D eigenvalue weighted by molar-refractivity contribution is 0.00642. The van der Waals surface area contributed by atoms with Crippen LogP contribution in [0, 0.1) is 0 Å². The van der Waals surface area contributed by atoms with Gasteiger partial charge in [-0.05, 0) is 24.6 Å². The molecule has 1 aromatic carbocycles. The molecule has 21 heavy (non-hydrogen) atoms. The number of benzene rings is 1. The highest BCUT2D eigenvalue weighted by Gasteiger charge is 2.13. The number of aliphatic hydroxyl groups is 1. The van der Waals surface area contributed by atoms with Crippen LogP contribution in [-0.2, 0) is 16.0 Å². The molecular weight excluding hydrogens is 274 g/mol. The smallest absolute Gasteiger partial charge is 0.231 e. The Morgan fingerprint density at radius 1 is 1.24 bits per heavy atom. The Hall–Kier alpha value is -1.34. The molecule has 0 aliphatic carbocycles. The maximum absolute atomic E-state index is 9.77. The largest absolute Gasteiger partial charge is 0.454 e. The molecule has 2 N–H and O–H groups in total. The first kappa shape index (κ1) is 16.0. The van der Waals surface area contributed by atoms with Gasteiger partial charge in [0.2, 0.25) is 6.79 Å². The number of fused-ring (bicyclic) bond motifs is 1. The minimum Gasteiger partial charge on any atom is -0.454 e. The van der Waals surface area contributed by atoms with Gasteiger partial charge in [-0.3, -0.25) is 0 Å². The summed E-state index contributed by atoms with van der Waals surface area (Å²) in [5.41, 5.74) is 1.09. The summed E-state index contributed by atoms with van der Waals surface area (Å²) in [5.74, 6) is 1.55. The van der Waals surface area contributed by atoms with E-state index in [1.54, 1.807) is 0 Å². The second-order valence-corrected chi connectivity index (χ2v) is 4.74. The van der Waals surface area contributed by atoms with Gasteiger partial charge < -0.3 is 29.4 Å². The molecule has 0 spiro atoms. The van der Waals surface area contributed by atoms with Crippen LogP contribution in [-0.4, -0.2) is 51.0 Å². The van der Waals surface area contributed by atoms with Crippen molar-refractivity contribution in [1.29, 1.82) is 0 Å². The summed E-state index contributed by atoms with van der Waals surface area (Å²) in [6, 6.07) is 5.82. The quantitative estimate of drug-likeness (QED) is 0.626. The Balaban J connectivity index is 1.58. The Labute approximate surface area is 125 Å². The third kappa shape index (κ3) is 5.51. The number of hydrogen-bond donors (Lipinski definition) is 2. The van der Waals surface area contributed by atoms with E-state index in [0.29, 0.717) is 39.5 Å². The van der Waals surface area contributed by atoms with E-state index in [0.717, 1.165) is 17.1 Å². The molecule has 1 heterocycles. The average molecular weight is 297 g/mol. The summed E-state index contributed by atoms with van der Waals surface area (Å²) in [6.07, 6.45) is -0.527. The Morgan fingerprint density at radius 3 is 2.90 bits per heavy atom. The van der Waals surface area contributed by atoms with Crippen molar-refractivity contribution in [3.05, 3.63) is 23.8 Å². The lowest BCUT2D eigenvalue weighted by Crippen LogP contribution is -2.30. The molecule has 0 saturated carbocycles. The van der Waals surface area contributed by atoms with Gasteiger partial charge in [-0.2, -0.15) is 0 Å². The topological polar surface area (TPSA) is 69.2 Å². The molecule has 1 aromatic rings. The van der Waals surface area contributed by atoms with Crippen molar-refractivity contribution in [2.75, 3.05) is 39.8 Å². The van der Waals surface area contributed by atoms with Crippen molar-refractivity contribution in [2.24, 2.45) is 0 Å². The van der Waals surface area contributed by atoms with Crippen molar-refractivity contribution in [2.45, 2.75) is 19.6 Å². The summed E-state index contributed by atoms with van der Waals surface area (Å²) < 4.78 is 21.0. The molecule has 0 radical (unpaired) electrons. The first-order chi connectivity index (χ1) is 10.3. The molecule has 0 bridgehead atoms. The second-order valence-electron chi connectivity index (χ2n) is 4.74. The van der Waals surface area contributed by atoms with E-state index in [-0.39, 0.29) is 6.79 Å². The predicted molar refractivity (Wildman–Crippen MR) is 77.6 cm³/mol. The van der Waals surface area contributed by atoms with E-state index in [4.69, 9.17) is 18.9 Å². The summed E-state index contributed by atoms with van der Waals surface area (Å²) in [6.45, 7) is 5.42. The molecule has 6 nitrogen and oxygen atoms in total. The molecule has 1 aliphatic heterocycles. The van der Waals surface area contributed by atoms with Crippen LogP contribution >= 0.6 is 0 Å². The number of rotatable bonds is 10. The minimum atomic E-state index is -0.527. The molecule has 1 aliphatic rings. The van der Waals surface area contributed by atoms with Crippen LogP contribution in [0.15, 0.2) is 18.2 Å². The van der Waals surface area contributed by atoms with Crippen molar-refractivity contribution in [3.63, 3.8) is 0 Å². The number of aliphatic hydroxyl groups excluding tert-OH is 1. The molecule has 1 atom stereocenters. The summed E-state index contributed by atoms with van der Waals surface area (Å²) in [4.78, 5) is 0. The highest BCUT2D eigenvalue weighted by molar-refractivity contribution is 5.44. The van der Waals surface area contributed by atoms with Gasteiger partial charge in [-0.1, -0.05) is 6.07 Å². The maximum Gasteiger partial charge on any atom is 0.231 e. The van der Waals surface area contributed by atoms with Crippen LogP contribution in [0.4, 0.5) is 0 Å². The summed E-state index contributed by atoms with van der Waals surface area (Å²) in [5, 5.41) is 13.0.